The number of nitrogens with one attached hydrogen (secondary N) is 1. The van der Waals surface area contributed by atoms with Crippen molar-refractivity contribution in [2.75, 3.05) is 14.2 Å². The summed E-state index contributed by atoms with van der Waals surface area (Å²) in [5.74, 6) is -0.746. The van der Waals surface area contributed by atoms with Crippen LogP contribution in [0.3, 0.4) is 0 Å². The Kier molecular flexibility index (Phi) is 5.55. The van der Waals surface area contributed by atoms with E-state index >= 15 is 0 Å². The minimum atomic E-state index is -0.595. The number of rotatable bonds is 4. The second-order valence-electron chi connectivity index (χ2n) is 7.85. The number of phenolic OH excluding ortho intramolecular Hbond substituents is 1. The summed E-state index contributed by atoms with van der Waals surface area (Å²) < 4.78 is 10.3. The van der Waals surface area contributed by atoms with E-state index in [1.165, 1.54) is 20.3 Å². The SMILES string of the molecule is COC(=O)C1=C(C)NC2=C(C(=O)CC(c3ccccc3)C2)C1c1ccc(O)c(OC)c1. The standard InChI is InChI=1S/C25H25NO5/c1-14-22(25(29)31-3)23(16-9-10-19(27)21(13-16)30-2)24-18(26-14)11-17(12-20(24)28)15-7-5-4-6-8-15/h4-10,13,17,23,26-27H,11-12H2,1-3H3. The summed E-state index contributed by atoms with van der Waals surface area (Å²) in [6, 6.07) is 14.9. The zero-order valence-corrected chi connectivity index (χ0v) is 17.8. The number of dihydropyridines is 1. The summed E-state index contributed by atoms with van der Waals surface area (Å²) in [7, 11) is 2.79. The summed E-state index contributed by atoms with van der Waals surface area (Å²) in [4.78, 5) is 26.1. The van der Waals surface area contributed by atoms with E-state index < -0.39 is 11.9 Å². The Balaban J connectivity index is 1.84. The molecule has 0 spiro atoms. The lowest BCUT2D eigenvalue weighted by molar-refractivity contribution is -0.136. The van der Waals surface area contributed by atoms with Crippen molar-refractivity contribution in [1.82, 2.24) is 5.32 Å². The van der Waals surface area contributed by atoms with Crippen LogP contribution in [0.1, 0.15) is 42.7 Å². The second kappa shape index (κ2) is 8.30. The van der Waals surface area contributed by atoms with Crippen molar-refractivity contribution in [1.29, 1.82) is 0 Å². The smallest absolute Gasteiger partial charge is 0.336 e. The molecule has 6 heteroatoms. The Labute approximate surface area is 181 Å². The number of carbonyl (C=O) groups is 2. The lowest BCUT2D eigenvalue weighted by Gasteiger charge is -2.36. The average molecular weight is 419 g/mol. The topological polar surface area (TPSA) is 84.9 Å². The van der Waals surface area contributed by atoms with Gasteiger partial charge < -0.3 is 19.9 Å². The zero-order valence-electron chi connectivity index (χ0n) is 17.8. The number of ketones is 1. The third-order valence-corrected chi connectivity index (χ3v) is 6.04. The lowest BCUT2D eigenvalue weighted by Crippen LogP contribution is -2.36. The molecule has 0 bridgehead atoms. The third kappa shape index (κ3) is 3.69. The number of Topliss-reactive ketones (excluding diaryl/α,β-unsaturated/α-hetero) is 1. The molecule has 2 N–H and O–H groups in total. The molecular formula is C25H25NO5. The van der Waals surface area contributed by atoms with E-state index in [9.17, 15) is 14.7 Å². The van der Waals surface area contributed by atoms with E-state index in [4.69, 9.17) is 9.47 Å². The molecule has 2 aliphatic rings. The highest BCUT2D eigenvalue weighted by atomic mass is 16.5. The molecule has 0 aromatic heterocycles. The molecule has 1 heterocycles. The Bertz CT molecular complexity index is 1100. The van der Waals surface area contributed by atoms with E-state index in [0.29, 0.717) is 35.2 Å². The molecule has 2 atom stereocenters. The highest BCUT2D eigenvalue weighted by Crippen LogP contribution is 2.46. The number of allylic oxidation sites excluding steroid dienone is 3. The number of aromatic hydroxyl groups is 1. The van der Waals surface area contributed by atoms with E-state index in [1.807, 2.05) is 37.3 Å². The van der Waals surface area contributed by atoms with Crippen molar-refractivity contribution in [2.24, 2.45) is 0 Å². The molecule has 0 saturated carbocycles. The summed E-state index contributed by atoms with van der Waals surface area (Å²) >= 11 is 0. The summed E-state index contributed by atoms with van der Waals surface area (Å²) in [6.07, 6.45) is 1.03. The predicted molar refractivity (Wildman–Crippen MR) is 116 cm³/mol. The molecule has 0 amide bonds. The minimum Gasteiger partial charge on any atom is -0.504 e. The van der Waals surface area contributed by atoms with Gasteiger partial charge in [0.2, 0.25) is 0 Å². The van der Waals surface area contributed by atoms with Crippen molar-refractivity contribution in [3.8, 4) is 11.5 Å². The van der Waals surface area contributed by atoms with Gasteiger partial charge in [0, 0.05) is 29.3 Å². The Morgan fingerprint density at radius 1 is 1.06 bits per heavy atom. The molecule has 1 aliphatic carbocycles. The second-order valence-corrected chi connectivity index (χ2v) is 7.85. The number of phenols is 1. The number of carbonyl (C=O) groups excluding carboxylic acids is 2. The van der Waals surface area contributed by atoms with Gasteiger partial charge in [-0.2, -0.15) is 0 Å². The maximum absolute atomic E-state index is 13.4. The zero-order chi connectivity index (χ0) is 22.1. The molecule has 6 nitrogen and oxygen atoms in total. The fourth-order valence-electron chi connectivity index (χ4n) is 4.59. The number of benzene rings is 2. The number of methoxy groups -OCH3 is 2. The fraction of sp³-hybridized carbons (Fsp3) is 0.280. The molecule has 1 aliphatic heterocycles. The largest absolute Gasteiger partial charge is 0.504 e. The van der Waals surface area contributed by atoms with Crippen LogP contribution >= 0.6 is 0 Å². The van der Waals surface area contributed by atoms with Crippen LogP contribution in [0.4, 0.5) is 0 Å². The van der Waals surface area contributed by atoms with Gasteiger partial charge in [-0.1, -0.05) is 36.4 Å². The van der Waals surface area contributed by atoms with Crippen LogP contribution in [-0.2, 0) is 14.3 Å². The minimum absolute atomic E-state index is 0.00572. The molecule has 31 heavy (non-hydrogen) atoms. The average Bonchev–Trinajstić information content (AvgIpc) is 2.78. The van der Waals surface area contributed by atoms with Gasteiger partial charge in [-0.15, -0.1) is 0 Å². The molecule has 2 unspecified atom stereocenters. The molecule has 4 rings (SSSR count). The maximum Gasteiger partial charge on any atom is 0.336 e. The van der Waals surface area contributed by atoms with Crippen molar-refractivity contribution in [3.63, 3.8) is 0 Å². The Hall–Kier alpha value is -3.54. The number of esters is 1. The van der Waals surface area contributed by atoms with Crippen molar-refractivity contribution in [2.45, 2.75) is 31.6 Å². The van der Waals surface area contributed by atoms with Crippen molar-refractivity contribution < 1.29 is 24.2 Å². The van der Waals surface area contributed by atoms with Crippen LogP contribution in [0, 0.1) is 0 Å². The van der Waals surface area contributed by atoms with Gasteiger partial charge in [0.1, 0.15) is 0 Å². The van der Waals surface area contributed by atoms with Gasteiger partial charge >= 0.3 is 5.97 Å². The highest BCUT2D eigenvalue weighted by molar-refractivity contribution is 6.04. The van der Waals surface area contributed by atoms with E-state index in [2.05, 4.69) is 5.32 Å². The van der Waals surface area contributed by atoms with Gasteiger partial charge in [-0.3, -0.25) is 4.79 Å². The first kappa shape index (κ1) is 20.7. The molecular weight excluding hydrogens is 394 g/mol. The highest BCUT2D eigenvalue weighted by Gasteiger charge is 2.41. The van der Waals surface area contributed by atoms with Crippen molar-refractivity contribution >= 4 is 11.8 Å². The van der Waals surface area contributed by atoms with Crippen LogP contribution in [0.5, 0.6) is 11.5 Å². The number of hydrogen-bond acceptors (Lipinski definition) is 6. The molecule has 0 fully saturated rings. The molecule has 160 valence electrons. The monoisotopic (exact) mass is 419 g/mol. The van der Waals surface area contributed by atoms with Crippen molar-refractivity contribution in [3.05, 3.63) is 82.2 Å². The first-order valence-corrected chi connectivity index (χ1v) is 10.2. The van der Waals surface area contributed by atoms with Gasteiger partial charge in [0.25, 0.3) is 0 Å². The molecule has 0 radical (unpaired) electrons. The number of ether oxygens (including phenoxy) is 2. The fourth-order valence-corrected chi connectivity index (χ4v) is 4.59. The predicted octanol–water partition coefficient (Wildman–Crippen LogP) is 3.94. The Morgan fingerprint density at radius 3 is 2.48 bits per heavy atom. The van der Waals surface area contributed by atoms with E-state index in [1.54, 1.807) is 12.1 Å². The third-order valence-electron chi connectivity index (χ3n) is 6.04. The Morgan fingerprint density at radius 2 is 1.81 bits per heavy atom. The summed E-state index contributed by atoms with van der Waals surface area (Å²) in [5.41, 5.74) is 4.25. The summed E-state index contributed by atoms with van der Waals surface area (Å²) in [5, 5.41) is 13.3. The summed E-state index contributed by atoms with van der Waals surface area (Å²) in [6.45, 7) is 1.82. The maximum atomic E-state index is 13.4. The first-order valence-electron chi connectivity index (χ1n) is 10.2. The molecule has 0 saturated heterocycles. The van der Waals surface area contributed by atoms with E-state index in [0.717, 1.165) is 11.3 Å². The number of hydrogen-bond donors (Lipinski definition) is 2. The van der Waals surface area contributed by atoms with Crippen LogP contribution < -0.4 is 10.1 Å². The van der Waals surface area contributed by atoms with Gasteiger partial charge in [-0.05, 0) is 42.5 Å². The normalized spacial score (nSPS) is 20.8. The van der Waals surface area contributed by atoms with Gasteiger partial charge in [0.05, 0.1) is 19.8 Å². The molecule has 2 aromatic carbocycles. The first-order chi connectivity index (χ1) is 14.9. The van der Waals surface area contributed by atoms with Gasteiger partial charge in [-0.25, -0.2) is 4.79 Å². The van der Waals surface area contributed by atoms with Gasteiger partial charge in [0.15, 0.2) is 17.3 Å². The van der Waals surface area contributed by atoms with E-state index in [-0.39, 0.29) is 23.2 Å². The lowest BCUT2D eigenvalue weighted by atomic mass is 9.71. The van der Waals surface area contributed by atoms with Crippen LogP contribution in [0.25, 0.3) is 0 Å². The quantitative estimate of drug-likeness (QED) is 0.731. The molecule has 2 aromatic rings. The van der Waals surface area contributed by atoms with Crippen LogP contribution in [0.2, 0.25) is 0 Å². The van der Waals surface area contributed by atoms with Crippen LogP contribution in [0.15, 0.2) is 71.1 Å². The van der Waals surface area contributed by atoms with Crippen LogP contribution in [-0.4, -0.2) is 31.1 Å².